The number of hydrogen-bond acceptors (Lipinski definition) is 8. The van der Waals surface area contributed by atoms with E-state index in [1.165, 1.54) is 6.33 Å². The molecule has 0 amide bonds. The van der Waals surface area contributed by atoms with Crippen molar-refractivity contribution in [2.24, 2.45) is 0 Å². The highest BCUT2D eigenvalue weighted by molar-refractivity contribution is 6.33. The Balaban J connectivity index is 1.37. The van der Waals surface area contributed by atoms with Gasteiger partial charge in [-0.25, -0.2) is 19.6 Å². The van der Waals surface area contributed by atoms with E-state index in [4.69, 9.17) is 25.8 Å². The monoisotopic (exact) mass is 595 g/mol. The van der Waals surface area contributed by atoms with Gasteiger partial charge in [-0.1, -0.05) is 78.3 Å². The third-order valence-corrected chi connectivity index (χ3v) is 7.58. The van der Waals surface area contributed by atoms with Gasteiger partial charge in [0.2, 0.25) is 0 Å². The van der Waals surface area contributed by atoms with Crippen LogP contribution >= 0.6 is 11.6 Å². The topological polar surface area (TPSA) is 110 Å². The Morgan fingerprint density at radius 2 is 1.30 bits per heavy atom. The Hall–Kier alpha value is -4.86. The highest BCUT2D eigenvalue weighted by atomic mass is 35.5. The molecule has 216 valence electrons. The van der Waals surface area contributed by atoms with E-state index >= 15 is 0 Å². The zero-order chi connectivity index (χ0) is 29.8. The van der Waals surface area contributed by atoms with Crippen molar-refractivity contribution < 1.29 is 28.6 Å². The quantitative estimate of drug-likeness (QED) is 0.114. The van der Waals surface area contributed by atoms with Crippen LogP contribution in [0.3, 0.4) is 0 Å². The highest BCUT2D eigenvalue weighted by Gasteiger charge is 2.51. The SMILES string of the molecule is O=C(CC[C@H]1O[C@@H](n2ccc3c(Cl)ncnc32)[C@H](OC(=O)c2ccccc2)[C@@H]1OC(=O)c1ccccc1)c1ccccc1. The summed E-state index contributed by atoms with van der Waals surface area (Å²) in [7, 11) is 0. The van der Waals surface area contributed by atoms with E-state index < -0.39 is 36.5 Å². The van der Waals surface area contributed by atoms with Crippen LogP contribution in [0.25, 0.3) is 11.0 Å². The molecule has 0 radical (unpaired) electrons. The van der Waals surface area contributed by atoms with Crippen molar-refractivity contribution >= 4 is 40.4 Å². The molecular weight excluding hydrogens is 570 g/mol. The van der Waals surface area contributed by atoms with Gasteiger partial charge in [0.15, 0.2) is 24.2 Å². The third-order valence-electron chi connectivity index (χ3n) is 7.28. The number of hydrogen-bond donors (Lipinski definition) is 0. The van der Waals surface area contributed by atoms with Crippen molar-refractivity contribution in [1.29, 1.82) is 0 Å². The summed E-state index contributed by atoms with van der Waals surface area (Å²) in [5.74, 6) is -1.33. The van der Waals surface area contributed by atoms with Gasteiger partial charge in [0.1, 0.15) is 23.2 Å². The average molecular weight is 596 g/mol. The maximum absolute atomic E-state index is 13.4. The molecule has 0 bridgehead atoms. The van der Waals surface area contributed by atoms with Crippen LogP contribution in [0.15, 0.2) is 110 Å². The normalized spacial score (nSPS) is 19.7. The highest BCUT2D eigenvalue weighted by Crippen LogP contribution is 2.39. The van der Waals surface area contributed by atoms with E-state index in [1.807, 2.05) is 6.07 Å². The van der Waals surface area contributed by atoms with Crippen LogP contribution in [0.1, 0.15) is 50.1 Å². The van der Waals surface area contributed by atoms with Gasteiger partial charge in [-0.05, 0) is 36.8 Å². The van der Waals surface area contributed by atoms with Crippen LogP contribution < -0.4 is 0 Å². The molecule has 0 saturated carbocycles. The summed E-state index contributed by atoms with van der Waals surface area (Å²) in [4.78, 5) is 48.1. The van der Waals surface area contributed by atoms with Gasteiger partial charge in [-0.15, -0.1) is 0 Å². The molecule has 5 aromatic rings. The molecule has 10 heteroatoms. The Kier molecular flexibility index (Phi) is 8.26. The lowest BCUT2D eigenvalue weighted by Gasteiger charge is -2.25. The van der Waals surface area contributed by atoms with E-state index in [0.717, 1.165) is 0 Å². The number of fused-ring (bicyclic) bond motifs is 1. The summed E-state index contributed by atoms with van der Waals surface area (Å²) in [6.45, 7) is 0. The molecule has 1 fully saturated rings. The van der Waals surface area contributed by atoms with Crippen LogP contribution in [-0.2, 0) is 14.2 Å². The summed E-state index contributed by atoms with van der Waals surface area (Å²) in [5.41, 5.74) is 1.65. The van der Waals surface area contributed by atoms with E-state index in [0.29, 0.717) is 27.7 Å². The number of carbonyl (C=O) groups excluding carboxylic acids is 3. The Labute approximate surface area is 252 Å². The standard InChI is InChI=1S/C33H26ClN3O6/c34-29-24-18-19-37(30(24)36-20-35-29)31-28(43-33(40)23-14-8-3-9-15-23)27(42-32(39)22-12-6-2-7-13-22)26(41-31)17-16-25(38)21-10-4-1-5-11-21/h1-15,18-20,26-28,31H,16-17H2/t26-,27-,28-,31-/m1/s1. The Morgan fingerprint density at radius 3 is 1.91 bits per heavy atom. The van der Waals surface area contributed by atoms with Crippen molar-refractivity contribution in [1.82, 2.24) is 14.5 Å². The second-order valence-electron chi connectivity index (χ2n) is 9.99. The van der Waals surface area contributed by atoms with E-state index in [-0.39, 0.29) is 23.8 Å². The number of halogens is 1. The molecule has 1 saturated heterocycles. The molecule has 3 aromatic carbocycles. The first-order valence-corrected chi connectivity index (χ1v) is 14.1. The number of esters is 2. The molecule has 0 spiro atoms. The molecule has 2 aromatic heterocycles. The zero-order valence-corrected chi connectivity index (χ0v) is 23.5. The first-order valence-electron chi connectivity index (χ1n) is 13.7. The van der Waals surface area contributed by atoms with Crippen LogP contribution in [0.4, 0.5) is 0 Å². The molecule has 0 N–H and O–H groups in total. The fourth-order valence-electron chi connectivity index (χ4n) is 5.15. The first-order chi connectivity index (χ1) is 21.0. The summed E-state index contributed by atoms with van der Waals surface area (Å²) in [5, 5.41) is 0.818. The van der Waals surface area contributed by atoms with Gasteiger partial charge in [-0.2, -0.15) is 0 Å². The number of ether oxygens (including phenoxy) is 3. The molecule has 1 aliphatic heterocycles. The molecule has 6 rings (SSSR count). The van der Waals surface area contributed by atoms with Gasteiger partial charge < -0.3 is 18.8 Å². The van der Waals surface area contributed by atoms with Crippen molar-refractivity contribution in [3.63, 3.8) is 0 Å². The molecular formula is C33H26ClN3O6. The number of rotatable bonds is 9. The predicted octanol–water partition coefficient (Wildman–Crippen LogP) is 6.10. The number of aromatic nitrogens is 3. The first kappa shape index (κ1) is 28.3. The zero-order valence-electron chi connectivity index (χ0n) is 22.8. The van der Waals surface area contributed by atoms with Crippen molar-refractivity contribution in [3.05, 3.63) is 131 Å². The smallest absolute Gasteiger partial charge is 0.338 e. The van der Waals surface area contributed by atoms with E-state index in [9.17, 15) is 14.4 Å². The van der Waals surface area contributed by atoms with Gasteiger partial charge in [-0.3, -0.25) is 4.79 Å². The average Bonchev–Trinajstić information content (AvgIpc) is 3.63. The molecule has 0 aliphatic carbocycles. The lowest BCUT2D eigenvalue weighted by Crippen LogP contribution is -2.39. The minimum absolute atomic E-state index is 0.0930. The number of Topliss-reactive ketones (excluding diaryl/α,β-unsaturated/α-hetero) is 1. The Morgan fingerprint density at radius 1 is 0.744 bits per heavy atom. The largest absolute Gasteiger partial charge is 0.452 e. The summed E-state index contributed by atoms with van der Waals surface area (Å²) in [6.07, 6.45) is -0.566. The van der Waals surface area contributed by atoms with E-state index in [1.54, 1.807) is 102 Å². The van der Waals surface area contributed by atoms with Gasteiger partial charge in [0.25, 0.3) is 0 Å². The molecule has 0 unspecified atom stereocenters. The lowest BCUT2D eigenvalue weighted by molar-refractivity contribution is -0.0490. The fraction of sp³-hybridized carbons (Fsp3) is 0.182. The lowest BCUT2D eigenvalue weighted by atomic mass is 10.0. The van der Waals surface area contributed by atoms with Crippen LogP contribution in [0.5, 0.6) is 0 Å². The van der Waals surface area contributed by atoms with Crippen LogP contribution in [0, 0.1) is 0 Å². The maximum atomic E-state index is 13.4. The molecule has 1 aliphatic rings. The van der Waals surface area contributed by atoms with Crippen molar-refractivity contribution in [2.45, 2.75) is 37.4 Å². The molecule has 9 nitrogen and oxygen atoms in total. The molecule has 4 atom stereocenters. The van der Waals surface area contributed by atoms with Crippen molar-refractivity contribution in [3.8, 4) is 0 Å². The van der Waals surface area contributed by atoms with Crippen molar-refractivity contribution in [2.75, 3.05) is 0 Å². The minimum atomic E-state index is -1.10. The molecule has 3 heterocycles. The predicted molar refractivity (Wildman–Crippen MR) is 158 cm³/mol. The minimum Gasteiger partial charge on any atom is -0.452 e. The second-order valence-corrected chi connectivity index (χ2v) is 10.3. The second kappa shape index (κ2) is 12.6. The van der Waals surface area contributed by atoms with Gasteiger partial charge in [0.05, 0.1) is 16.5 Å². The third kappa shape index (κ3) is 6.04. The van der Waals surface area contributed by atoms with Gasteiger partial charge in [0, 0.05) is 18.2 Å². The number of benzene rings is 3. The molecule has 43 heavy (non-hydrogen) atoms. The Bertz CT molecular complexity index is 1750. The van der Waals surface area contributed by atoms with Gasteiger partial charge >= 0.3 is 11.9 Å². The number of nitrogens with zero attached hydrogens (tertiary/aromatic N) is 3. The van der Waals surface area contributed by atoms with Crippen LogP contribution in [0.2, 0.25) is 5.15 Å². The van der Waals surface area contributed by atoms with Crippen LogP contribution in [-0.4, -0.2) is 50.6 Å². The number of ketones is 1. The van der Waals surface area contributed by atoms with E-state index in [2.05, 4.69) is 9.97 Å². The summed E-state index contributed by atoms with van der Waals surface area (Å²) >= 11 is 6.32. The number of carbonyl (C=O) groups is 3. The maximum Gasteiger partial charge on any atom is 0.338 e. The summed E-state index contributed by atoms with van der Waals surface area (Å²) in [6, 6.07) is 27.6. The summed E-state index contributed by atoms with van der Waals surface area (Å²) < 4.78 is 20.3. The fourth-order valence-corrected chi connectivity index (χ4v) is 5.34.